The van der Waals surface area contributed by atoms with Crippen LogP contribution in [-0.4, -0.2) is 35.3 Å². The summed E-state index contributed by atoms with van der Waals surface area (Å²) in [5, 5.41) is 16.5. The normalized spacial score (nSPS) is 15.8. The van der Waals surface area contributed by atoms with E-state index in [1.165, 1.54) is 19.2 Å². The molecule has 0 saturated carbocycles. The molecule has 1 atom stereocenters. The number of alkyl halides is 3. The number of nitrogens with one attached hydrogen (secondary N) is 1. The third kappa shape index (κ3) is 4.61. The van der Waals surface area contributed by atoms with Crippen LogP contribution in [0.4, 0.5) is 13.2 Å². The van der Waals surface area contributed by atoms with E-state index in [4.69, 9.17) is 16.3 Å². The summed E-state index contributed by atoms with van der Waals surface area (Å²) in [5.74, 6) is 0.229. The molecule has 5 rings (SSSR count). The number of ether oxygens (including phenoxy) is 1. The van der Waals surface area contributed by atoms with Gasteiger partial charge in [0.15, 0.2) is 0 Å². The van der Waals surface area contributed by atoms with Gasteiger partial charge in [0.1, 0.15) is 5.60 Å². The highest BCUT2D eigenvalue weighted by molar-refractivity contribution is 6.36. The van der Waals surface area contributed by atoms with E-state index < -0.39 is 17.3 Å². The van der Waals surface area contributed by atoms with E-state index in [9.17, 15) is 18.3 Å². The first-order valence-electron chi connectivity index (χ1n) is 12.2. The van der Waals surface area contributed by atoms with Crippen LogP contribution in [0.15, 0.2) is 54.6 Å². The van der Waals surface area contributed by atoms with E-state index in [0.29, 0.717) is 51.6 Å². The largest absolute Gasteiger partial charge is 0.481 e. The average Bonchev–Trinajstić information content (AvgIpc) is 2.84. The zero-order valence-corrected chi connectivity index (χ0v) is 21.9. The fourth-order valence-corrected chi connectivity index (χ4v) is 5.40. The predicted molar refractivity (Wildman–Crippen MR) is 141 cm³/mol. The molecule has 1 aliphatic rings. The van der Waals surface area contributed by atoms with Crippen molar-refractivity contribution in [2.24, 2.45) is 5.92 Å². The van der Waals surface area contributed by atoms with E-state index in [1.54, 1.807) is 6.07 Å². The van der Waals surface area contributed by atoms with Crippen LogP contribution in [0, 0.1) is 19.8 Å². The lowest BCUT2D eigenvalue weighted by Crippen LogP contribution is -2.55. The number of methoxy groups -OCH3 is 1. The van der Waals surface area contributed by atoms with Gasteiger partial charge in [-0.1, -0.05) is 35.9 Å². The summed E-state index contributed by atoms with van der Waals surface area (Å²) >= 11 is 6.92. The van der Waals surface area contributed by atoms with Crippen molar-refractivity contribution in [3.63, 3.8) is 0 Å². The molecule has 1 unspecified atom stereocenters. The van der Waals surface area contributed by atoms with Crippen LogP contribution in [0.25, 0.3) is 10.9 Å². The van der Waals surface area contributed by atoms with Crippen LogP contribution in [-0.2, 0) is 18.2 Å². The molecule has 1 saturated heterocycles. The van der Waals surface area contributed by atoms with Crippen LogP contribution < -0.4 is 10.1 Å². The zero-order valence-electron chi connectivity index (χ0n) is 21.2. The Labute approximate surface area is 223 Å². The Morgan fingerprint density at radius 3 is 2.26 bits per heavy atom. The summed E-state index contributed by atoms with van der Waals surface area (Å²) in [5.41, 5.74) is 2.77. The minimum atomic E-state index is -4.41. The Bertz CT molecular complexity index is 1500. The number of hydrogen-bond acceptors (Lipinski definition) is 5. The molecule has 1 fully saturated rings. The minimum Gasteiger partial charge on any atom is -0.481 e. The molecule has 3 heterocycles. The van der Waals surface area contributed by atoms with Crippen molar-refractivity contribution < 1.29 is 23.0 Å². The van der Waals surface area contributed by atoms with Gasteiger partial charge in [0.2, 0.25) is 5.88 Å². The number of pyridine rings is 2. The fraction of sp³-hybridized carbons (Fsp3) is 0.310. The van der Waals surface area contributed by atoms with Gasteiger partial charge < -0.3 is 15.2 Å². The Morgan fingerprint density at radius 1 is 1.00 bits per heavy atom. The van der Waals surface area contributed by atoms with Crippen molar-refractivity contribution in [3.05, 3.63) is 98.8 Å². The maximum atomic E-state index is 13.0. The Hall–Kier alpha value is -3.20. The highest BCUT2D eigenvalue weighted by Gasteiger charge is 2.44. The highest BCUT2D eigenvalue weighted by atomic mass is 35.5. The molecular formula is C29H27ClF3N3O2. The number of aliphatic hydroxyl groups is 1. The van der Waals surface area contributed by atoms with Crippen molar-refractivity contribution in [1.29, 1.82) is 0 Å². The standard InChI is InChI=1S/C29H27ClF3N3O2/c1-16-4-10-24(17(2)35-16)28(37,21-14-34-15-21)20-9-11-25-22(13-20)26(30)23(27(36-25)38-3)12-18-5-7-19(8-6-18)29(31,32)33/h4-11,13,21,34,37H,12,14-15H2,1-3H3. The molecular weight excluding hydrogens is 515 g/mol. The second-order valence-electron chi connectivity index (χ2n) is 9.72. The summed E-state index contributed by atoms with van der Waals surface area (Å²) in [4.78, 5) is 9.20. The number of benzene rings is 2. The van der Waals surface area contributed by atoms with Gasteiger partial charge in [-0.25, -0.2) is 4.98 Å². The van der Waals surface area contributed by atoms with Crippen LogP contribution in [0.3, 0.4) is 0 Å². The van der Waals surface area contributed by atoms with Gasteiger partial charge in [0.05, 0.1) is 23.2 Å². The van der Waals surface area contributed by atoms with Gasteiger partial charge in [-0.2, -0.15) is 13.2 Å². The lowest BCUT2D eigenvalue weighted by molar-refractivity contribution is -0.137. The van der Waals surface area contributed by atoms with Gasteiger partial charge in [-0.05, 0) is 55.3 Å². The molecule has 0 spiro atoms. The van der Waals surface area contributed by atoms with Crippen LogP contribution >= 0.6 is 11.6 Å². The molecule has 5 nitrogen and oxygen atoms in total. The van der Waals surface area contributed by atoms with Gasteiger partial charge in [-0.15, -0.1) is 0 Å². The second-order valence-corrected chi connectivity index (χ2v) is 10.1. The topological polar surface area (TPSA) is 67.3 Å². The first kappa shape index (κ1) is 26.4. The summed E-state index contributed by atoms with van der Waals surface area (Å²) in [7, 11) is 1.48. The molecule has 9 heteroatoms. The number of halogens is 4. The van der Waals surface area contributed by atoms with Crippen molar-refractivity contribution in [3.8, 4) is 5.88 Å². The number of rotatable bonds is 6. The van der Waals surface area contributed by atoms with E-state index in [1.807, 2.05) is 38.1 Å². The maximum Gasteiger partial charge on any atom is 0.416 e. The van der Waals surface area contributed by atoms with Crippen molar-refractivity contribution in [2.75, 3.05) is 20.2 Å². The Balaban J connectivity index is 1.62. The Morgan fingerprint density at radius 2 is 1.68 bits per heavy atom. The van der Waals surface area contributed by atoms with Gasteiger partial charge >= 0.3 is 6.18 Å². The van der Waals surface area contributed by atoms with Crippen LogP contribution in [0.1, 0.15) is 39.2 Å². The van der Waals surface area contributed by atoms with E-state index in [2.05, 4.69) is 15.3 Å². The molecule has 0 bridgehead atoms. The average molecular weight is 542 g/mol. The quantitative estimate of drug-likeness (QED) is 0.315. The first-order valence-corrected chi connectivity index (χ1v) is 12.6. The molecule has 4 aromatic rings. The molecule has 0 aliphatic carbocycles. The van der Waals surface area contributed by atoms with Crippen molar-refractivity contribution in [1.82, 2.24) is 15.3 Å². The van der Waals surface area contributed by atoms with E-state index in [-0.39, 0.29) is 12.3 Å². The van der Waals surface area contributed by atoms with E-state index in [0.717, 1.165) is 29.1 Å². The van der Waals surface area contributed by atoms with Gasteiger partial charge in [0.25, 0.3) is 0 Å². The molecule has 1 aliphatic heterocycles. The molecule has 0 amide bonds. The van der Waals surface area contributed by atoms with Crippen LogP contribution in [0.5, 0.6) is 5.88 Å². The number of hydrogen-bond donors (Lipinski definition) is 2. The predicted octanol–water partition coefficient (Wildman–Crippen LogP) is 5.97. The van der Waals surface area contributed by atoms with E-state index >= 15 is 0 Å². The van der Waals surface area contributed by atoms with Crippen molar-refractivity contribution >= 4 is 22.5 Å². The molecule has 38 heavy (non-hydrogen) atoms. The monoisotopic (exact) mass is 541 g/mol. The Kier molecular flexibility index (Phi) is 6.84. The third-order valence-electron chi connectivity index (χ3n) is 7.28. The highest BCUT2D eigenvalue weighted by Crippen LogP contribution is 2.43. The summed E-state index contributed by atoms with van der Waals surface area (Å²) in [6, 6.07) is 14.3. The minimum absolute atomic E-state index is 0.0697. The molecule has 198 valence electrons. The van der Waals surface area contributed by atoms with Crippen molar-refractivity contribution in [2.45, 2.75) is 32.0 Å². The molecule has 2 N–H and O–H groups in total. The molecule has 0 radical (unpaired) electrons. The zero-order chi connectivity index (χ0) is 27.2. The van der Waals surface area contributed by atoms with Gasteiger partial charge in [-0.3, -0.25) is 4.98 Å². The number of nitrogens with zero attached hydrogens (tertiary/aromatic N) is 2. The SMILES string of the molecule is COc1nc2ccc(C(O)(c3ccc(C)nc3C)C3CNC3)cc2c(Cl)c1Cc1ccc(C(F)(F)F)cc1. The summed E-state index contributed by atoms with van der Waals surface area (Å²) in [6.45, 7) is 5.10. The maximum absolute atomic E-state index is 13.0. The third-order valence-corrected chi connectivity index (χ3v) is 7.71. The molecule has 2 aromatic carbocycles. The lowest BCUT2D eigenvalue weighted by atomic mass is 9.72. The smallest absolute Gasteiger partial charge is 0.416 e. The second kappa shape index (κ2) is 9.84. The lowest BCUT2D eigenvalue weighted by Gasteiger charge is -2.43. The summed E-state index contributed by atoms with van der Waals surface area (Å²) in [6.07, 6.45) is -4.18. The first-order chi connectivity index (χ1) is 18.0. The number of aromatic nitrogens is 2. The fourth-order valence-electron chi connectivity index (χ4n) is 5.10. The number of fused-ring (bicyclic) bond motifs is 1. The van der Waals surface area contributed by atoms with Crippen LogP contribution in [0.2, 0.25) is 5.02 Å². The molecule has 2 aromatic heterocycles. The summed E-state index contributed by atoms with van der Waals surface area (Å²) < 4.78 is 44.5. The van der Waals surface area contributed by atoms with Gasteiger partial charge in [0, 0.05) is 53.3 Å². The number of aryl methyl sites for hydroxylation is 2.